The summed E-state index contributed by atoms with van der Waals surface area (Å²) in [6.45, 7) is 2.11. The highest BCUT2D eigenvalue weighted by Gasteiger charge is 2.07. The predicted molar refractivity (Wildman–Crippen MR) is 83.9 cm³/mol. The van der Waals surface area contributed by atoms with Crippen molar-refractivity contribution < 1.29 is 5.11 Å². The number of aliphatic hydroxyl groups is 1. The number of aromatic nitrogens is 2. The van der Waals surface area contributed by atoms with Gasteiger partial charge in [0.25, 0.3) is 0 Å². The van der Waals surface area contributed by atoms with Crippen LogP contribution in [-0.2, 0) is 6.61 Å². The van der Waals surface area contributed by atoms with Gasteiger partial charge in [-0.15, -0.1) is 10.2 Å². The number of anilines is 1. The summed E-state index contributed by atoms with van der Waals surface area (Å²) >= 11 is 0. The summed E-state index contributed by atoms with van der Waals surface area (Å²) in [5.41, 5.74) is 2.90. The maximum Gasteiger partial charge on any atom is 0.149 e. The van der Waals surface area contributed by atoms with Crippen LogP contribution in [0.15, 0.2) is 54.6 Å². The Hall–Kier alpha value is -2.46. The van der Waals surface area contributed by atoms with Gasteiger partial charge in [-0.1, -0.05) is 42.5 Å². The number of nitrogens with zero attached hydrogens (tertiary/aromatic N) is 2. The van der Waals surface area contributed by atoms with Crippen LogP contribution in [0.2, 0.25) is 0 Å². The zero-order valence-corrected chi connectivity index (χ0v) is 11.8. The smallest absolute Gasteiger partial charge is 0.149 e. The number of nitrogens with one attached hydrogen (secondary N) is 1. The largest absolute Gasteiger partial charge is 0.392 e. The molecule has 1 heterocycles. The Morgan fingerprint density at radius 3 is 2.76 bits per heavy atom. The highest BCUT2D eigenvalue weighted by molar-refractivity contribution is 5.80. The molecule has 0 aliphatic carbocycles. The van der Waals surface area contributed by atoms with E-state index >= 15 is 0 Å². The average molecular weight is 279 g/mol. The van der Waals surface area contributed by atoms with E-state index in [0.29, 0.717) is 0 Å². The molecule has 0 aliphatic heterocycles. The fraction of sp³-hybridized carbons (Fsp3) is 0.176. The number of hydrogen-bond acceptors (Lipinski definition) is 4. The molecule has 0 radical (unpaired) electrons. The molecule has 0 saturated carbocycles. The molecule has 21 heavy (non-hydrogen) atoms. The number of fused-ring (bicyclic) bond motifs is 1. The minimum Gasteiger partial charge on any atom is -0.392 e. The van der Waals surface area contributed by atoms with Crippen LogP contribution in [0.5, 0.6) is 0 Å². The Bertz CT molecular complexity index is 758. The minimum atomic E-state index is 0.0519. The van der Waals surface area contributed by atoms with Gasteiger partial charge in [0.05, 0.1) is 18.2 Å². The van der Waals surface area contributed by atoms with Gasteiger partial charge in [-0.05, 0) is 30.2 Å². The van der Waals surface area contributed by atoms with Crippen molar-refractivity contribution in [1.82, 2.24) is 10.2 Å². The summed E-state index contributed by atoms with van der Waals surface area (Å²) in [7, 11) is 0. The quantitative estimate of drug-likeness (QED) is 0.769. The van der Waals surface area contributed by atoms with Gasteiger partial charge in [0.15, 0.2) is 0 Å². The van der Waals surface area contributed by atoms with E-state index in [9.17, 15) is 5.11 Å². The number of aliphatic hydroxyl groups excluding tert-OH is 1. The lowest BCUT2D eigenvalue weighted by Crippen LogP contribution is -2.08. The van der Waals surface area contributed by atoms with Gasteiger partial charge < -0.3 is 10.4 Å². The van der Waals surface area contributed by atoms with E-state index in [1.165, 1.54) is 0 Å². The molecular formula is C17H17N3O. The maximum absolute atomic E-state index is 9.21. The van der Waals surface area contributed by atoms with Crippen LogP contribution < -0.4 is 5.32 Å². The average Bonchev–Trinajstić information content (AvgIpc) is 2.54. The molecule has 0 saturated heterocycles. The van der Waals surface area contributed by atoms with E-state index in [2.05, 4.69) is 22.4 Å². The Kier molecular flexibility index (Phi) is 3.79. The summed E-state index contributed by atoms with van der Waals surface area (Å²) in [6.07, 6.45) is 0. The molecule has 1 aromatic heterocycles. The van der Waals surface area contributed by atoms with E-state index in [1.807, 2.05) is 54.6 Å². The zero-order chi connectivity index (χ0) is 14.7. The third kappa shape index (κ3) is 3.01. The molecule has 0 amide bonds. The second-order valence-corrected chi connectivity index (χ2v) is 5.06. The first-order chi connectivity index (χ1) is 10.3. The zero-order valence-electron chi connectivity index (χ0n) is 11.8. The highest BCUT2D eigenvalue weighted by Crippen LogP contribution is 2.20. The van der Waals surface area contributed by atoms with Gasteiger partial charge in [-0.3, -0.25) is 0 Å². The number of rotatable bonds is 4. The van der Waals surface area contributed by atoms with Crippen molar-refractivity contribution in [2.24, 2.45) is 0 Å². The van der Waals surface area contributed by atoms with E-state index in [-0.39, 0.29) is 12.6 Å². The van der Waals surface area contributed by atoms with E-state index in [0.717, 1.165) is 27.8 Å². The highest BCUT2D eigenvalue weighted by atomic mass is 16.3. The van der Waals surface area contributed by atoms with Crippen molar-refractivity contribution >= 4 is 16.7 Å². The molecule has 2 aromatic carbocycles. The Balaban J connectivity index is 1.83. The fourth-order valence-electron chi connectivity index (χ4n) is 2.32. The Labute approximate surface area is 123 Å². The molecule has 0 spiro atoms. The van der Waals surface area contributed by atoms with Crippen molar-refractivity contribution in [3.63, 3.8) is 0 Å². The van der Waals surface area contributed by atoms with Crippen LogP contribution in [0.1, 0.15) is 24.1 Å². The molecule has 3 rings (SSSR count). The van der Waals surface area contributed by atoms with Crippen molar-refractivity contribution in [1.29, 1.82) is 0 Å². The summed E-state index contributed by atoms with van der Waals surface area (Å²) in [5, 5.41) is 22.0. The molecule has 1 atom stereocenters. The lowest BCUT2D eigenvalue weighted by molar-refractivity contribution is 0.281. The van der Waals surface area contributed by atoms with Gasteiger partial charge in [0.2, 0.25) is 0 Å². The van der Waals surface area contributed by atoms with Gasteiger partial charge in [-0.2, -0.15) is 0 Å². The summed E-state index contributed by atoms with van der Waals surface area (Å²) in [5.74, 6) is 0.746. The van der Waals surface area contributed by atoms with Gasteiger partial charge in [0.1, 0.15) is 5.82 Å². The monoisotopic (exact) mass is 279 g/mol. The van der Waals surface area contributed by atoms with Crippen molar-refractivity contribution in [3.05, 3.63) is 65.7 Å². The number of hydrogen-bond donors (Lipinski definition) is 2. The van der Waals surface area contributed by atoms with Crippen molar-refractivity contribution in [2.45, 2.75) is 19.6 Å². The molecule has 2 N–H and O–H groups in total. The first-order valence-electron chi connectivity index (χ1n) is 6.95. The summed E-state index contributed by atoms with van der Waals surface area (Å²) < 4.78 is 0. The lowest BCUT2D eigenvalue weighted by atomic mass is 10.1. The fourth-order valence-corrected chi connectivity index (χ4v) is 2.32. The second-order valence-electron chi connectivity index (χ2n) is 5.06. The molecule has 4 nitrogen and oxygen atoms in total. The molecule has 1 unspecified atom stereocenters. The predicted octanol–water partition coefficient (Wildman–Crippen LogP) is 3.30. The third-order valence-corrected chi connectivity index (χ3v) is 3.49. The molecular weight excluding hydrogens is 262 g/mol. The van der Waals surface area contributed by atoms with Crippen LogP contribution >= 0.6 is 0 Å². The minimum absolute atomic E-state index is 0.0519. The standard InChI is InChI=1S/C17H17N3O/c1-12(14-7-4-5-13(9-14)11-21)18-17-10-15-6-2-3-8-16(15)19-20-17/h2-10,12,21H,11H2,1H3,(H,18,20). The SMILES string of the molecule is CC(Nc1cc2ccccc2nn1)c1cccc(CO)c1. The van der Waals surface area contributed by atoms with E-state index in [4.69, 9.17) is 0 Å². The van der Waals surface area contributed by atoms with Crippen molar-refractivity contribution in [2.75, 3.05) is 5.32 Å². The molecule has 106 valence electrons. The molecule has 0 fully saturated rings. The summed E-state index contributed by atoms with van der Waals surface area (Å²) in [6, 6.07) is 17.9. The van der Waals surface area contributed by atoms with Crippen LogP contribution in [0.4, 0.5) is 5.82 Å². The van der Waals surface area contributed by atoms with Crippen molar-refractivity contribution in [3.8, 4) is 0 Å². The summed E-state index contributed by atoms with van der Waals surface area (Å²) in [4.78, 5) is 0. The Morgan fingerprint density at radius 1 is 1.05 bits per heavy atom. The van der Waals surface area contributed by atoms with Crippen LogP contribution in [0.3, 0.4) is 0 Å². The molecule has 0 bridgehead atoms. The van der Waals surface area contributed by atoms with E-state index in [1.54, 1.807) is 0 Å². The maximum atomic E-state index is 9.21. The van der Waals surface area contributed by atoms with Gasteiger partial charge in [-0.25, -0.2) is 0 Å². The van der Waals surface area contributed by atoms with Crippen LogP contribution in [-0.4, -0.2) is 15.3 Å². The number of benzene rings is 2. The van der Waals surface area contributed by atoms with E-state index < -0.39 is 0 Å². The molecule has 0 aliphatic rings. The first kappa shape index (κ1) is 13.5. The van der Waals surface area contributed by atoms with Crippen LogP contribution in [0.25, 0.3) is 10.9 Å². The third-order valence-electron chi connectivity index (χ3n) is 3.49. The van der Waals surface area contributed by atoms with Crippen LogP contribution in [0, 0.1) is 0 Å². The molecule has 3 aromatic rings. The Morgan fingerprint density at radius 2 is 1.90 bits per heavy atom. The second kappa shape index (κ2) is 5.89. The normalized spacial score (nSPS) is 12.3. The topological polar surface area (TPSA) is 58.0 Å². The first-order valence-corrected chi connectivity index (χ1v) is 6.95. The molecule has 4 heteroatoms. The van der Waals surface area contributed by atoms with Gasteiger partial charge in [0, 0.05) is 5.39 Å². The van der Waals surface area contributed by atoms with Gasteiger partial charge >= 0.3 is 0 Å². The lowest BCUT2D eigenvalue weighted by Gasteiger charge is -2.15.